The van der Waals surface area contributed by atoms with Gasteiger partial charge in [0, 0.05) is 38.0 Å². The van der Waals surface area contributed by atoms with Crippen LogP contribution in [0.3, 0.4) is 0 Å². The van der Waals surface area contributed by atoms with Gasteiger partial charge >= 0.3 is 5.97 Å². The molecule has 0 radical (unpaired) electrons. The van der Waals surface area contributed by atoms with Crippen LogP contribution in [-0.4, -0.2) is 119 Å². The number of fused-ring (bicyclic) bond motifs is 1. The van der Waals surface area contributed by atoms with Crippen LogP contribution in [0.15, 0.2) is 25.3 Å². The molecule has 4 saturated heterocycles. The zero-order valence-corrected chi connectivity index (χ0v) is 24.4. The zero-order chi connectivity index (χ0) is 28.3. The van der Waals surface area contributed by atoms with Crippen molar-refractivity contribution in [3.05, 3.63) is 25.3 Å². The number of rotatable bonds is 13. The average Bonchev–Trinajstić information content (AvgIpc) is 3.54. The molecule has 1 spiro atoms. The third-order valence-electron chi connectivity index (χ3n) is 9.33. The van der Waals surface area contributed by atoms with Crippen molar-refractivity contribution in [3.8, 4) is 0 Å². The van der Waals surface area contributed by atoms with Crippen LogP contribution in [0.2, 0.25) is 0 Å². The van der Waals surface area contributed by atoms with E-state index >= 15 is 0 Å². The van der Waals surface area contributed by atoms with E-state index in [0.29, 0.717) is 32.8 Å². The van der Waals surface area contributed by atoms with Gasteiger partial charge < -0.3 is 24.4 Å². The molecular weight excluding hydrogens is 518 g/mol. The number of nitrogens with zero attached hydrogens (tertiary/aromatic N) is 3. The summed E-state index contributed by atoms with van der Waals surface area (Å²) in [6.07, 6.45) is 4.74. The summed E-state index contributed by atoms with van der Waals surface area (Å²) >= 11 is 1.63. The van der Waals surface area contributed by atoms with Gasteiger partial charge in [-0.15, -0.1) is 18.3 Å². The van der Waals surface area contributed by atoms with Crippen LogP contribution < -0.4 is 0 Å². The Morgan fingerprint density at radius 2 is 2.03 bits per heavy atom. The molecule has 3 unspecified atom stereocenters. The summed E-state index contributed by atoms with van der Waals surface area (Å²) in [4.78, 5) is 48.1. The molecule has 0 aliphatic carbocycles. The first kappa shape index (κ1) is 30.1. The van der Waals surface area contributed by atoms with Crippen molar-refractivity contribution < 1.29 is 29.0 Å². The second-order valence-electron chi connectivity index (χ2n) is 11.4. The van der Waals surface area contributed by atoms with E-state index in [4.69, 9.17) is 9.47 Å². The summed E-state index contributed by atoms with van der Waals surface area (Å²) in [6, 6.07) is -1.29. The molecule has 4 rings (SSSR count). The monoisotopic (exact) mass is 563 g/mol. The number of carbonyl (C=O) groups excluding carboxylic acids is 3. The molecule has 1 N–H and O–H groups in total. The van der Waals surface area contributed by atoms with Crippen molar-refractivity contribution in [2.24, 2.45) is 23.7 Å². The molecule has 10 heteroatoms. The maximum absolute atomic E-state index is 14.6. The lowest BCUT2D eigenvalue weighted by Gasteiger charge is -2.43. The largest absolute Gasteiger partial charge is 0.461 e. The predicted molar refractivity (Wildman–Crippen MR) is 151 cm³/mol. The van der Waals surface area contributed by atoms with Crippen molar-refractivity contribution >= 4 is 29.5 Å². The maximum Gasteiger partial charge on any atom is 0.311 e. The molecule has 0 aromatic rings. The number of carbonyl (C=O) groups is 3. The SMILES string of the molecule is C=CCOC(=O)[C@@H]1[C@H]2C(=O)N([C@@H](CO)[C@@H](C)CC)C(C(=O)N(CC=C)CCN3CCOCC3)C23S[C@@H]1CC3C. The fourth-order valence-electron chi connectivity index (χ4n) is 7.12. The number of thioether (sulfide) groups is 1. The Morgan fingerprint density at radius 3 is 2.64 bits per heavy atom. The minimum absolute atomic E-state index is 0.0191. The topological polar surface area (TPSA) is 99.6 Å². The van der Waals surface area contributed by atoms with E-state index in [2.05, 4.69) is 25.0 Å². The van der Waals surface area contributed by atoms with Gasteiger partial charge in [-0.2, -0.15) is 0 Å². The quantitative estimate of drug-likeness (QED) is 0.268. The third kappa shape index (κ3) is 5.29. The highest BCUT2D eigenvalue weighted by atomic mass is 32.2. The summed E-state index contributed by atoms with van der Waals surface area (Å²) < 4.78 is 10.2. The van der Waals surface area contributed by atoms with Gasteiger partial charge in [-0.1, -0.05) is 45.9 Å². The van der Waals surface area contributed by atoms with Crippen LogP contribution in [-0.2, 0) is 23.9 Å². The lowest BCUT2D eigenvalue weighted by molar-refractivity contribution is -0.154. The average molecular weight is 564 g/mol. The summed E-state index contributed by atoms with van der Waals surface area (Å²) in [5.74, 6) is -1.98. The number of aliphatic hydroxyl groups is 1. The highest BCUT2D eigenvalue weighted by Gasteiger charge is 2.77. The predicted octanol–water partition coefficient (Wildman–Crippen LogP) is 1.81. The van der Waals surface area contributed by atoms with Crippen LogP contribution in [0.25, 0.3) is 0 Å². The van der Waals surface area contributed by atoms with Gasteiger partial charge in [0.2, 0.25) is 11.8 Å². The number of morpholine rings is 1. The Balaban J connectivity index is 1.73. The second-order valence-corrected chi connectivity index (χ2v) is 12.9. The standard InChI is InChI=1S/C29H45N3O6S/c1-6-9-31(11-10-30-12-15-37-16-13-30)27(35)25-29-20(5)17-22(39-29)23(28(36)38-14-7-2)24(29)26(34)32(25)21(18-33)19(4)8-3/h6-7,19-25,33H,1-2,8-18H2,3-5H3/t19-,20?,21-,22+,23-,24-,25?,29?/m0/s1. The van der Waals surface area contributed by atoms with Crippen LogP contribution >= 0.6 is 11.8 Å². The minimum atomic E-state index is -0.770. The highest BCUT2D eigenvalue weighted by Crippen LogP contribution is 2.69. The lowest BCUT2D eigenvalue weighted by atomic mass is 9.66. The van der Waals surface area contributed by atoms with E-state index < -0.39 is 34.6 Å². The van der Waals surface area contributed by atoms with Gasteiger partial charge in [0.1, 0.15) is 12.6 Å². The Kier molecular flexibility index (Phi) is 9.83. The Hall–Kier alpha value is -1.88. The third-order valence-corrected chi connectivity index (χ3v) is 11.4. The highest BCUT2D eigenvalue weighted by molar-refractivity contribution is 8.02. The van der Waals surface area contributed by atoms with E-state index in [0.717, 1.165) is 25.9 Å². The number of esters is 1. The smallest absolute Gasteiger partial charge is 0.311 e. The minimum Gasteiger partial charge on any atom is -0.461 e. The number of ether oxygens (including phenoxy) is 2. The fraction of sp³-hybridized carbons (Fsp3) is 0.759. The first-order valence-corrected chi connectivity index (χ1v) is 15.2. The molecule has 2 bridgehead atoms. The number of amides is 2. The summed E-state index contributed by atoms with van der Waals surface area (Å²) in [5, 5.41) is 10.5. The van der Waals surface area contributed by atoms with Gasteiger partial charge in [0.25, 0.3) is 0 Å². The van der Waals surface area contributed by atoms with Gasteiger partial charge in [0.05, 0.1) is 42.4 Å². The van der Waals surface area contributed by atoms with Crippen LogP contribution in [0.4, 0.5) is 0 Å². The van der Waals surface area contributed by atoms with Gasteiger partial charge in [-0.25, -0.2) is 0 Å². The van der Waals surface area contributed by atoms with Crippen molar-refractivity contribution in [1.82, 2.24) is 14.7 Å². The summed E-state index contributed by atoms with van der Waals surface area (Å²) in [7, 11) is 0. The molecule has 4 aliphatic rings. The molecule has 4 fully saturated rings. The van der Waals surface area contributed by atoms with Gasteiger partial charge in [-0.3, -0.25) is 19.3 Å². The molecule has 39 heavy (non-hydrogen) atoms. The second kappa shape index (κ2) is 12.7. The molecule has 0 aromatic carbocycles. The van der Waals surface area contributed by atoms with E-state index in [9.17, 15) is 19.5 Å². The van der Waals surface area contributed by atoms with Crippen LogP contribution in [0, 0.1) is 23.7 Å². The maximum atomic E-state index is 14.6. The molecule has 0 aromatic heterocycles. The number of hydrogen-bond donors (Lipinski definition) is 1. The molecule has 218 valence electrons. The van der Waals surface area contributed by atoms with Crippen molar-refractivity contribution in [1.29, 1.82) is 0 Å². The fourth-order valence-corrected chi connectivity index (χ4v) is 9.51. The van der Waals surface area contributed by atoms with Crippen molar-refractivity contribution in [2.45, 2.75) is 55.7 Å². The van der Waals surface area contributed by atoms with E-state index in [-0.39, 0.29) is 42.1 Å². The lowest BCUT2D eigenvalue weighted by Crippen LogP contribution is -2.60. The summed E-state index contributed by atoms with van der Waals surface area (Å²) in [6.45, 7) is 18.1. The Labute approximate surface area is 236 Å². The number of hydrogen-bond acceptors (Lipinski definition) is 8. The Morgan fingerprint density at radius 1 is 1.31 bits per heavy atom. The number of aliphatic hydroxyl groups excluding tert-OH is 1. The van der Waals surface area contributed by atoms with E-state index in [1.807, 2.05) is 13.8 Å². The first-order valence-electron chi connectivity index (χ1n) is 14.3. The number of likely N-dealkylation sites (tertiary alicyclic amines) is 1. The van der Waals surface area contributed by atoms with Gasteiger partial charge in [-0.05, 0) is 18.3 Å². The van der Waals surface area contributed by atoms with E-state index in [1.54, 1.807) is 27.6 Å². The van der Waals surface area contributed by atoms with E-state index in [1.165, 1.54) is 6.08 Å². The van der Waals surface area contributed by atoms with Crippen LogP contribution in [0.1, 0.15) is 33.6 Å². The normalized spacial score (nSPS) is 33.5. The molecular formula is C29H45N3O6S. The molecule has 9 nitrogen and oxygen atoms in total. The van der Waals surface area contributed by atoms with Crippen molar-refractivity contribution in [2.75, 3.05) is 59.2 Å². The zero-order valence-electron chi connectivity index (χ0n) is 23.6. The first-order chi connectivity index (χ1) is 18.8. The van der Waals surface area contributed by atoms with Gasteiger partial charge in [0.15, 0.2) is 0 Å². The molecule has 2 amide bonds. The van der Waals surface area contributed by atoms with Crippen molar-refractivity contribution in [3.63, 3.8) is 0 Å². The van der Waals surface area contributed by atoms with Crippen LogP contribution in [0.5, 0.6) is 0 Å². The Bertz CT molecular complexity index is 942. The summed E-state index contributed by atoms with van der Waals surface area (Å²) in [5.41, 5.74) is 0. The molecule has 0 saturated carbocycles. The molecule has 4 heterocycles. The molecule has 8 atom stereocenters. The molecule has 4 aliphatic heterocycles.